The molecule has 1 amide bonds. The molecule has 1 N–H and O–H groups in total. The van der Waals surface area contributed by atoms with Crippen molar-refractivity contribution >= 4 is 23.0 Å². The van der Waals surface area contributed by atoms with E-state index in [0.717, 1.165) is 40.6 Å². The minimum Gasteiger partial charge on any atom is -0.454 e. The van der Waals surface area contributed by atoms with Gasteiger partial charge in [0, 0.05) is 10.9 Å². The van der Waals surface area contributed by atoms with Crippen LogP contribution in [0.3, 0.4) is 0 Å². The molecule has 1 aromatic heterocycles. The molecule has 2 heterocycles. The van der Waals surface area contributed by atoms with Crippen molar-refractivity contribution in [1.29, 1.82) is 0 Å². The molecule has 4 aromatic rings. The summed E-state index contributed by atoms with van der Waals surface area (Å²) in [5.41, 5.74) is 7.74. The smallest absolute Gasteiger partial charge is 0.272 e. The Morgan fingerprint density at radius 3 is 2.70 bits per heavy atom. The number of pyridine rings is 1. The third-order valence-electron chi connectivity index (χ3n) is 5.53. The largest absolute Gasteiger partial charge is 0.454 e. The first kappa shape index (κ1) is 20.7. The zero-order chi connectivity index (χ0) is 22.6. The fraction of sp³-hybridized carbons (Fsp3) is 0.148. The highest BCUT2D eigenvalue weighted by molar-refractivity contribution is 6.07. The van der Waals surface area contributed by atoms with E-state index in [-0.39, 0.29) is 12.7 Å². The minimum atomic E-state index is -0.297. The number of nitrogens with zero attached hydrogens (tertiary/aromatic N) is 2. The Balaban J connectivity index is 1.42. The SMILES string of the molecule is CCCc1ccc(-c2cc(C(=O)N/N=C/c3ccc4c(c3)OCO4)c3ccccc3n2)cc1. The molecule has 5 rings (SSSR count). The minimum absolute atomic E-state index is 0.214. The maximum atomic E-state index is 13.1. The zero-order valence-corrected chi connectivity index (χ0v) is 18.2. The van der Waals surface area contributed by atoms with Gasteiger partial charge in [-0.3, -0.25) is 4.79 Å². The lowest BCUT2D eigenvalue weighted by Crippen LogP contribution is -2.18. The van der Waals surface area contributed by atoms with Crippen LogP contribution in [0.25, 0.3) is 22.2 Å². The Labute approximate surface area is 191 Å². The molecule has 1 aliphatic rings. The summed E-state index contributed by atoms with van der Waals surface area (Å²) in [5.74, 6) is 1.07. The number of rotatable bonds is 6. The molecule has 0 radical (unpaired) electrons. The summed E-state index contributed by atoms with van der Waals surface area (Å²) in [6.07, 6.45) is 3.72. The number of nitrogens with one attached hydrogen (secondary N) is 1. The summed E-state index contributed by atoms with van der Waals surface area (Å²) in [4.78, 5) is 17.8. The van der Waals surface area contributed by atoms with Gasteiger partial charge in [-0.25, -0.2) is 10.4 Å². The molecule has 0 bridgehead atoms. The maximum Gasteiger partial charge on any atom is 0.272 e. The lowest BCUT2D eigenvalue weighted by molar-refractivity contribution is 0.0956. The van der Waals surface area contributed by atoms with Crippen molar-refractivity contribution in [1.82, 2.24) is 10.4 Å². The molecular formula is C27H23N3O3. The van der Waals surface area contributed by atoms with Gasteiger partial charge in [0.25, 0.3) is 5.91 Å². The van der Waals surface area contributed by atoms with Gasteiger partial charge in [-0.05, 0) is 47.9 Å². The first-order valence-corrected chi connectivity index (χ1v) is 10.9. The summed E-state index contributed by atoms with van der Waals surface area (Å²) >= 11 is 0. The average Bonchev–Trinajstić information content (AvgIpc) is 3.32. The number of ether oxygens (including phenoxy) is 2. The molecule has 0 aliphatic carbocycles. The second-order valence-electron chi connectivity index (χ2n) is 7.83. The number of amides is 1. The standard InChI is InChI=1S/C27H23N3O3/c1-2-5-18-8-11-20(12-9-18)24-15-22(21-6-3-4-7-23(21)29-24)27(31)30-28-16-19-10-13-25-26(14-19)33-17-32-25/h3-4,6-16H,2,5,17H2,1H3,(H,30,31)/b28-16+. The number of carbonyl (C=O) groups excluding carboxylic acids is 1. The van der Waals surface area contributed by atoms with Gasteiger partial charge in [-0.2, -0.15) is 5.10 Å². The number of aromatic nitrogens is 1. The first-order valence-electron chi connectivity index (χ1n) is 10.9. The van der Waals surface area contributed by atoms with Crippen molar-refractivity contribution in [2.45, 2.75) is 19.8 Å². The van der Waals surface area contributed by atoms with E-state index in [1.165, 1.54) is 5.56 Å². The summed E-state index contributed by atoms with van der Waals surface area (Å²) in [7, 11) is 0. The highest BCUT2D eigenvalue weighted by Gasteiger charge is 2.15. The molecule has 0 fully saturated rings. The predicted molar refractivity (Wildman–Crippen MR) is 129 cm³/mol. The van der Waals surface area contributed by atoms with Gasteiger partial charge in [0.1, 0.15) is 0 Å². The summed E-state index contributed by atoms with van der Waals surface area (Å²) in [6.45, 7) is 2.38. The van der Waals surface area contributed by atoms with Crippen LogP contribution in [0, 0.1) is 0 Å². The van der Waals surface area contributed by atoms with Crippen molar-refractivity contribution < 1.29 is 14.3 Å². The van der Waals surface area contributed by atoms with Crippen LogP contribution in [0.1, 0.15) is 34.8 Å². The van der Waals surface area contributed by atoms with Crippen LogP contribution in [-0.4, -0.2) is 23.9 Å². The van der Waals surface area contributed by atoms with Gasteiger partial charge < -0.3 is 9.47 Å². The van der Waals surface area contributed by atoms with Crippen LogP contribution < -0.4 is 14.9 Å². The Hall–Kier alpha value is -4.19. The molecule has 6 nitrogen and oxygen atoms in total. The molecule has 0 saturated carbocycles. The third kappa shape index (κ3) is 4.41. The molecule has 6 heteroatoms. The third-order valence-corrected chi connectivity index (χ3v) is 5.53. The zero-order valence-electron chi connectivity index (χ0n) is 18.2. The van der Waals surface area contributed by atoms with Crippen LogP contribution in [0.4, 0.5) is 0 Å². The van der Waals surface area contributed by atoms with Gasteiger partial charge >= 0.3 is 0 Å². The number of para-hydroxylation sites is 1. The van der Waals surface area contributed by atoms with Crippen LogP contribution in [-0.2, 0) is 6.42 Å². The van der Waals surface area contributed by atoms with Crippen LogP contribution in [0.5, 0.6) is 11.5 Å². The lowest BCUT2D eigenvalue weighted by Gasteiger charge is -2.09. The van der Waals surface area contributed by atoms with Crippen molar-refractivity contribution in [2.75, 3.05) is 6.79 Å². The van der Waals surface area contributed by atoms with E-state index < -0.39 is 0 Å². The molecule has 0 saturated heterocycles. The van der Waals surface area contributed by atoms with Crippen molar-refractivity contribution in [3.05, 3.63) is 89.5 Å². The van der Waals surface area contributed by atoms with E-state index in [2.05, 4.69) is 41.7 Å². The Bertz CT molecular complexity index is 1350. The Kier molecular flexibility index (Phi) is 5.72. The molecule has 0 atom stereocenters. The van der Waals surface area contributed by atoms with Gasteiger partial charge in [-0.1, -0.05) is 55.8 Å². The molecule has 0 unspecified atom stereocenters. The summed E-state index contributed by atoms with van der Waals surface area (Å²) in [5, 5.41) is 4.92. The monoisotopic (exact) mass is 437 g/mol. The topological polar surface area (TPSA) is 72.8 Å². The number of carbonyl (C=O) groups is 1. The van der Waals surface area contributed by atoms with Crippen LogP contribution in [0.15, 0.2) is 77.9 Å². The normalized spacial score (nSPS) is 12.4. The first-order chi connectivity index (χ1) is 16.2. The number of aryl methyl sites for hydroxylation is 1. The van der Waals surface area contributed by atoms with Crippen molar-refractivity contribution in [3.8, 4) is 22.8 Å². The van der Waals surface area contributed by atoms with Crippen LogP contribution in [0.2, 0.25) is 0 Å². The second kappa shape index (κ2) is 9.12. The molecule has 33 heavy (non-hydrogen) atoms. The fourth-order valence-electron chi connectivity index (χ4n) is 3.86. The summed E-state index contributed by atoms with van der Waals surface area (Å²) < 4.78 is 10.7. The lowest BCUT2D eigenvalue weighted by atomic mass is 10.0. The van der Waals surface area contributed by atoms with Crippen molar-refractivity contribution in [2.24, 2.45) is 5.10 Å². The summed E-state index contributed by atoms with van der Waals surface area (Å²) in [6, 6.07) is 23.3. The van der Waals surface area contributed by atoms with E-state index in [0.29, 0.717) is 17.1 Å². The molecule has 1 aliphatic heterocycles. The molecule has 0 spiro atoms. The van der Waals surface area contributed by atoms with Crippen molar-refractivity contribution in [3.63, 3.8) is 0 Å². The van der Waals surface area contributed by atoms with Gasteiger partial charge in [0.05, 0.1) is 23.0 Å². The van der Waals surface area contributed by atoms with Gasteiger partial charge in [0.15, 0.2) is 11.5 Å². The molecule has 164 valence electrons. The van der Waals surface area contributed by atoms with E-state index >= 15 is 0 Å². The number of benzene rings is 3. The quantitative estimate of drug-likeness (QED) is 0.326. The van der Waals surface area contributed by atoms with E-state index in [1.54, 1.807) is 6.21 Å². The van der Waals surface area contributed by atoms with Gasteiger partial charge in [0.2, 0.25) is 6.79 Å². The molecule has 3 aromatic carbocycles. The van der Waals surface area contributed by atoms with E-state index in [1.807, 2.05) is 48.5 Å². The predicted octanol–water partition coefficient (Wildman–Crippen LogP) is 5.35. The number of hydrogen-bond acceptors (Lipinski definition) is 5. The van der Waals surface area contributed by atoms with Gasteiger partial charge in [-0.15, -0.1) is 0 Å². The average molecular weight is 437 g/mol. The second-order valence-corrected chi connectivity index (χ2v) is 7.83. The fourth-order valence-corrected chi connectivity index (χ4v) is 3.86. The number of hydrogen-bond donors (Lipinski definition) is 1. The van der Waals surface area contributed by atoms with Crippen LogP contribution >= 0.6 is 0 Å². The van der Waals surface area contributed by atoms with E-state index in [9.17, 15) is 4.79 Å². The Morgan fingerprint density at radius 1 is 1.03 bits per heavy atom. The highest BCUT2D eigenvalue weighted by atomic mass is 16.7. The molecular weight excluding hydrogens is 414 g/mol. The number of hydrazone groups is 1. The van der Waals surface area contributed by atoms with E-state index in [4.69, 9.17) is 14.5 Å². The maximum absolute atomic E-state index is 13.1. The highest BCUT2D eigenvalue weighted by Crippen LogP contribution is 2.32. The number of fused-ring (bicyclic) bond motifs is 2. The Morgan fingerprint density at radius 2 is 1.85 bits per heavy atom.